The fraction of sp³-hybridized carbons (Fsp3) is 0.0667. The van der Waals surface area contributed by atoms with Gasteiger partial charge in [-0.2, -0.15) is 5.10 Å². The normalized spacial score (nSPS) is 11.1. The van der Waals surface area contributed by atoms with Crippen molar-refractivity contribution in [2.24, 2.45) is 5.10 Å². The molecule has 0 saturated carbocycles. The summed E-state index contributed by atoms with van der Waals surface area (Å²) in [6.45, 7) is 1.52. The second kappa shape index (κ2) is 13.9. The smallest absolute Gasteiger partial charge is 0.283 e. The number of hydrogen-bond donors (Lipinski definition) is 2. The molecule has 2 N–H and O–H groups in total. The first-order chi connectivity index (χ1) is 21.2. The Morgan fingerprint density at radius 2 is 1.91 bits per heavy atom. The van der Waals surface area contributed by atoms with E-state index in [1.165, 1.54) is 29.7 Å². The van der Waals surface area contributed by atoms with Crippen molar-refractivity contribution in [3.8, 4) is 5.75 Å². The van der Waals surface area contributed by atoms with Crippen LogP contribution in [0.2, 0.25) is 10.0 Å². The summed E-state index contributed by atoms with van der Waals surface area (Å²) >= 11 is 14.4. The van der Waals surface area contributed by atoms with E-state index in [9.17, 15) is 19.7 Å². The largest absolute Gasteiger partial charge is 0.482 e. The van der Waals surface area contributed by atoms with Gasteiger partial charge in [0.05, 0.1) is 31.3 Å². The lowest BCUT2D eigenvalue weighted by molar-refractivity contribution is -0.387. The molecule has 14 heteroatoms. The van der Waals surface area contributed by atoms with Crippen LogP contribution in [0.1, 0.15) is 21.5 Å². The summed E-state index contributed by atoms with van der Waals surface area (Å²) < 4.78 is 6.77. The molecule has 5 rings (SSSR count). The van der Waals surface area contributed by atoms with Gasteiger partial charge in [0.2, 0.25) is 0 Å². The Kier molecular flexibility index (Phi) is 9.75. The fourth-order valence-electron chi connectivity index (χ4n) is 3.94. The van der Waals surface area contributed by atoms with E-state index < -0.39 is 10.8 Å². The Morgan fingerprint density at radius 1 is 1.09 bits per heavy atom. The van der Waals surface area contributed by atoms with Crippen molar-refractivity contribution in [2.45, 2.75) is 16.2 Å². The lowest BCUT2D eigenvalue weighted by Crippen LogP contribution is -2.24. The molecule has 0 aliphatic heterocycles. The number of benzene rings is 4. The van der Waals surface area contributed by atoms with Gasteiger partial charge in [-0.1, -0.05) is 59.2 Å². The van der Waals surface area contributed by atoms with Crippen molar-refractivity contribution in [1.82, 2.24) is 10.4 Å². The summed E-state index contributed by atoms with van der Waals surface area (Å²) in [5.74, 6) is -0.475. The number of nitrogens with one attached hydrogen (secondary N) is 2. The highest BCUT2D eigenvalue weighted by Crippen LogP contribution is 2.39. The number of nitro benzene ring substituents is 1. The van der Waals surface area contributed by atoms with Crippen molar-refractivity contribution in [2.75, 3.05) is 11.9 Å². The number of nitrogens with zero attached hydrogens (tertiary/aromatic N) is 3. The molecule has 4 aromatic carbocycles. The molecular formula is C30H21Cl2N5O5S2. The van der Waals surface area contributed by atoms with E-state index in [-0.39, 0.29) is 29.0 Å². The molecule has 10 nitrogen and oxygen atoms in total. The average Bonchev–Trinajstić information content (AvgIpc) is 3.39. The first-order valence-corrected chi connectivity index (χ1v) is 15.2. The van der Waals surface area contributed by atoms with Gasteiger partial charge in [-0.05, 0) is 61.0 Å². The first-order valence-electron chi connectivity index (χ1n) is 12.8. The number of nitro groups is 1. The molecule has 44 heavy (non-hydrogen) atoms. The van der Waals surface area contributed by atoms with Crippen LogP contribution < -0.4 is 15.5 Å². The van der Waals surface area contributed by atoms with Crippen LogP contribution in [-0.2, 0) is 4.79 Å². The second-order valence-electron chi connectivity index (χ2n) is 9.17. The Morgan fingerprint density at radius 3 is 2.68 bits per heavy atom. The molecule has 0 atom stereocenters. The number of thiazole rings is 1. The number of amides is 2. The fourth-order valence-corrected chi connectivity index (χ4v) is 6.55. The van der Waals surface area contributed by atoms with Crippen molar-refractivity contribution in [3.05, 3.63) is 116 Å². The number of hydrazone groups is 1. The zero-order chi connectivity index (χ0) is 31.2. The Bertz CT molecular complexity index is 1930. The Labute approximate surface area is 269 Å². The van der Waals surface area contributed by atoms with E-state index in [0.717, 1.165) is 22.0 Å². The molecule has 0 fully saturated rings. The summed E-state index contributed by atoms with van der Waals surface area (Å²) in [7, 11) is 0. The first kappa shape index (κ1) is 31.0. The molecule has 0 spiro atoms. The van der Waals surface area contributed by atoms with Gasteiger partial charge in [0, 0.05) is 27.9 Å². The quantitative estimate of drug-likeness (QED) is 0.0884. The zero-order valence-corrected chi connectivity index (χ0v) is 25.9. The monoisotopic (exact) mass is 665 g/mol. The topological polar surface area (TPSA) is 136 Å². The summed E-state index contributed by atoms with van der Waals surface area (Å²) in [6.07, 6.45) is 1.29. The number of rotatable bonds is 10. The van der Waals surface area contributed by atoms with Gasteiger partial charge in [0.25, 0.3) is 17.5 Å². The highest BCUT2D eigenvalue weighted by atomic mass is 35.5. The van der Waals surface area contributed by atoms with Crippen LogP contribution in [0.15, 0.2) is 93.2 Å². The second-order valence-corrected chi connectivity index (χ2v) is 12.3. The molecule has 0 aliphatic rings. The van der Waals surface area contributed by atoms with E-state index in [1.54, 1.807) is 42.5 Å². The molecule has 0 bridgehead atoms. The van der Waals surface area contributed by atoms with Gasteiger partial charge in [-0.3, -0.25) is 19.7 Å². The molecule has 0 radical (unpaired) electrons. The minimum Gasteiger partial charge on any atom is -0.482 e. The number of aromatic nitrogens is 1. The molecular weight excluding hydrogens is 645 g/mol. The number of carbonyl (C=O) groups excluding carboxylic acids is 2. The standard InChI is InChI=1S/C30H21Cl2N5O5S2/c1-17-4-2-3-5-21(17)29(39)34-20-8-9-23-27(14-20)44-30(35-23)43-26-11-6-18(12-24(26)37(40)41)15-33-36-28(38)16-42-25-10-7-19(31)13-22(25)32/h2-15H,16H2,1H3,(H,34,39)(H,36,38)/b33-15-. The predicted molar refractivity (Wildman–Crippen MR) is 174 cm³/mol. The maximum absolute atomic E-state index is 12.7. The van der Waals surface area contributed by atoms with E-state index in [2.05, 4.69) is 20.8 Å². The molecule has 2 amide bonds. The maximum Gasteiger partial charge on any atom is 0.283 e. The van der Waals surface area contributed by atoms with Gasteiger partial charge < -0.3 is 10.1 Å². The lowest BCUT2D eigenvalue weighted by Gasteiger charge is -2.07. The van der Waals surface area contributed by atoms with Crippen LogP contribution in [0.4, 0.5) is 11.4 Å². The van der Waals surface area contributed by atoms with Gasteiger partial charge in [0.15, 0.2) is 10.9 Å². The van der Waals surface area contributed by atoms with Gasteiger partial charge in [-0.15, -0.1) is 11.3 Å². The van der Waals surface area contributed by atoms with Crippen LogP contribution in [0, 0.1) is 17.0 Å². The maximum atomic E-state index is 12.7. The average molecular weight is 667 g/mol. The van der Waals surface area contributed by atoms with Crippen molar-refractivity contribution in [1.29, 1.82) is 0 Å². The van der Waals surface area contributed by atoms with Gasteiger partial charge >= 0.3 is 0 Å². The van der Waals surface area contributed by atoms with Crippen LogP contribution in [0.3, 0.4) is 0 Å². The summed E-state index contributed by atoms with van der Waals surface area (Å²) in [5.41, 5.74) is 5.35. The molecule has 222 valence electrons. The van der Waals surface area contributed by atoms with Crippen LogP contribution in [-0.4, -0.2) is 34.5 Å². The lowest BCUT2D eigenvalue weighted by atomic mass is 10.1. The number of ether oxygens (including phenoxy) is 1. The minimum absolute atomic E-state index is 0.142. The van der Waals surface area contributed by atoms with Crippen molar-refractivity contribution < 1.29 is 19.2 Å². The van der Waals surface area contributed by atoms with Crippen molar-refractivity contribution >= 4 is 85.9 Å². The third-order valence-corrected chi connectivity index (χ3v) is 8.72. The summed E-state index contributed by atoms with van der Waals surface area (Å²) in [5, 5.41) is 19.3. The van der Waals surface area contributed by atoms with E-state index >= 15 is 0 Å². The molecule has 5 aromatic rings. The highest BCUT2D eigenvalue weighted by molar-refractivity contribution is 8.01. The SMILES string of the molecule is Cc1ccccc1C(=O)Nc1ccc2nc(Sc3ccc(/C=N\NC(=O)COc4ccc(Cl)cc4Cl)cc3[N+](=O)[O-])sc2c1. The minimum atomic E-state index is -0.553. The van der Waals surface area contributed by atoms with Crippen LogP contribution >= 0.6 is 46.3 Å². The molecule has 1 heterocycles. The third-order valence-electron chi connectivity index (χ3n) is 6.05. The molecule has 0 aliphatic carbocycles. The number of anilines is 1. The molecule has 0 unspecified atom stereocenters. The third kappa shape index (κ3) is 7.71. The molecule has 0 saturated heterocycles. The number of carbonyl (C=O) groups is 2. The van der Waals surface area contributed by atoms with Crippen molar-refractivity contribution in [3.63, 3.8) is 0 Å². The van der Waals surface area contributed by atoms with Crippen LogP contribution in [0.5, 0.6) is 5.75 Å². The van der Waals surface area contributed by atoms with Gasteiger partial charge in [0.1, 0.15) is 5.75 Å². The highest BCUT2D eigenvalue weighted by Gasteiger charge is 2.18. The number of halogens is 2. The molecule has 1 aromatic heterocycles. The van der Waals surface area contributed by atoms with E-state index in [0.29, 0.717) is 36.6 Å². The Hall–Kier alpha value is -4.49. The van der Waals surface area contributed by atoms with Crippen LogP contribution in [0.25, 0.3) is 10.2 Å². The number of fused-ring (bicyclic) bond motifs is 1. The van der Waals surface area contributed by atoms with Gasteiger partial charge in [-0.25, -0.2) is 10.4 Å². The number of aryl methyl sites for hydroxylation is 1. The summed E-state index contributed by atoms with van der Waals surface area (Å²) in [4.78, 5) is 41.1. The van der Waals surface area contributed by atoms with E-state index in [4.69, 9.17) is 27.9 Å². The Balaban J connectivity index is 1.23. The number of hydrogen-bond acceptors (Lipinski definition) is 9. The summed E-state index contributed by atoms with van der Waals surface area (Å²) in [6, 6.07) is 21.9. The van der Waals surface area contributed by atoms with E-state index in [1.807, 2.05) is 31.2 Å². The predicted octanol–water partition coefficient (Wildman–Crippen LogP) is 7.75. The zero-order valence-electron chi connectivity index (χ0n) is 22.7.